The highest BCUT2D eigenvalue weighted by Crippen LogP contribution is 2.26. The maximum atomic E-state index is 11.6. The average molecular weight is 437 g/mol. The number of thioether (sulfide) groups is 1. The van der Waals surface area contributed by atoms with E-state index < -0.39 is 12.0 Å². The first-order valence-electron chi connectivity index (χ1n) is 8.65. The van der Waals surface area contributed by atoms with Gasteiger partial charge in [-0.15, -0.1) is 12.4 Å². The van der Waals surface area contributed by atoms with Crippen LogP contribution in [0.15, 0.2) is 48.5 Å². The maximum absolute atomic E-state index is 11.6. The second kappa shape index (κ2) is 10.3. The molecule has 0 bridgehead atoms. The number of nitrogens with two attached hydrogens (primary N) is 1. The molecule has 1 unspecified atom stereocenters. The number of imide groups is 1. The summed E-state index contributed by atoms with van der Waals surface area (Å²) in [4.78, 5) is 34.2. The van der Waals surface area contributed by atoms with Crippen molar-refractivity contribution in [1.82, 2.24) is 5.32 Å². The number of ether oxygens (including phenoxy) is 2. The summed E-state index contributed by atoms with van der Waals surface area (Å²) in [5, 5.41) is 1.60. The fraction of sp³-hybridized carbons (Fsp3) is 0.250. The van der Waals surface area contributed by atoms with Gasteiger partial charge in [0.25, 0.3) is 5.24 Å². The predicted octanol–water partition coefficient (Wildman–Crippen LogP) is 2.84. The largest absolute Gasteiger partial charge is 0.468 e. The van der Waals surface area contributed by atoms with Crippen LogP contribution in [0.5, 0.6) is 11.5 Å². The molecule has 2 aromatic carbocycles. The highest BCUT2D eigenvalue weighted by Gasteiger charge is 2.31. The van der Waals surface area contributed by atoms with E-state index in [9.17, 15) is 14.4 Å². The molecular formula is C20H21ClN2O5S. The van der Waals surface area contributed by atoms with Gasteiger partial charge in [0.05, 0.1) is 12.4 Å². The van der Waals surface area contributed by atoms with Crippen molar-refractivity contribution in [3.05, 3.63) is 59.7 Å². The summed E-state index contributed by atoms with van der Waals surface area (Å²) in [5.41, 5.74) is 7.61. The number of esters is 1. The molecule has 0 saturated carbocycles. The lowest BCUT2D eigenvalue weighted by atomic mass is 10.1. The number of hydrogen-bond donors (Lipinski definition) is 2. The van der Waals surface area contributed by atoms with Gasteiger partial charge >= 0.3 is 5.97 Å². The first-order valence-corrected chi connectivity index (χ1v) is 9.53. The fourth-order valence-electron chi connectivity index (χ4n) is 2.75. The molecule has 3 N–H and O–H groups in total. The van der Waals surface area contributed by atoms with Crippen molar-refractivity contribution in [3.8, 4) is 11.5 Å². The molecule has 2 atom stereocenters. The van der Waals surface area contributed by atoms with E-state index in [0.717, 1.165) is 22.9 Å². The Hall–Kier alpha value is -2.55. The smallest absolute Gasteiger partial charge is 0.322 e. The van der Waals surface area contributed by atoms with Crippen molar-refractivity contribution in [2.24, 2.45) is 5.73 Å². The Bertz CT molecular complexity index is 873. The molecule has 0 aliphatic carbocycles. The molecule has 1 saturated heterocycles. The third-order valence-corrected chi connectivity index (χ3v) is 5.21. The number of carbonyl (C=O) groups excluding carboxylic acids is 3. The molecular weight excluding hydrogens is 416 g/mol. The van der Waals surface area contributed by atoms with Gasteiger partial charge in [-0.3, -0.25) is 19.7 Å². The first kappa shape index (κ1) is 22.7. The van der Waals surface area contributed by atoms with Crippen LogP contribution in [-0.4, -0.2) is 35.5 Å². The number of carbonyl (C=O) groups is 3. The molecule has 0 radical (unpaired) electrons. The van der Waals surface area contributed by atoms with Crippen molar-refractivity contribution >= 4 is 41.3 Å². The van der Waals surface area contributed by atoms with E-state index in [2.05, 4.69) is 10.1 Å². The van der Waals surface area contributed by atoms with Crippen molar-refractivity contribution < 1.29 is 23.9 Å². The summed E-state index contributed by atoms with van der Waals surface area (Å²) in [6, 6.07) is 14.0. The minimum absolute atomic E-state index is 0. The molecule has 1 aliphatic heterocycles. The number of rotatable bonds is 7. The highest BCUT2D eigenvalue weighted by molar-refractivity contribution is 8.15. The predicted molar refractivity (Wildman–Crippen MR) is 113 cm³/mol. The Morgan fingerprint density at radius 1 is 1.07 bits per heavy atom. The van der Waals surface area contributed by atoms with Crippen molar-refractivity contribution in [3.63, 3.8) is 0 Å². The quantitative estimate of drug-likeness (QED) is 0.642. The second-order valence-corrected chi connectivity index (χ2v) is 7.49. The maximum Gasteiger partial charge on any atom is 0.322 e. The van der Waals surface area contributed by atoms with Crippen LogP contribution in [-0.2, 0) is 27.2 Å². The normalized spacial score (nSPS) is 16.6. The van der Waals surface area contributed by atoms with Crippen LogP contribution in [0, 0.1) is 0 Å². The molecule has 1 aliphatic rings. The van der Waals surface area contributed by atoms with E-state index in [1.165, 1.54) is 7.11 Å². The van der Waals surface area contributed by atoms with Crippen LogP contribution in [0.25, 0.3) is 0 Å². The van der Waals surface area contributed by atoms with E-state index in [0.29, 0.717) is 24.3 Å². The lowest BCUT2D eigenvalue weighted by Crippen LogP contribution is -2.33. The van der Waals surface area contributed by atoms with Gasteiger partial charge in [0.2, 0.25) is 5.91 Å². The molecule has 29 heavy (non-hydrogen) atoms. The zero-order valence-corrected chi connectivity index (χ0v) is 17.3. The molecule has 3 rings (SSSR count). The van der Waals surface area contributed by atoms with Crippen LogP contribution >= 0.6 is 24.2 Å². The van der Waals surface area contributed by atoms with Crippen LogP contribution in [0.1, 0.15) is 11.1 Å². The van der Waals surface area contributed by atoms with E-state index in [1.54, 1.807) is 12.1 Å². The van der Waals surface area contributed by atoms with Crippen LogP contribution in [0.4, 0.5) is 4.79 Å². The van der Waals surface area contributed by atoms with Gasteiger partial charge in [0.15, 0.2) is 0 Å². The standard InChI is InChI=1S/C20H20N2O5S.ClH/c1-26-19(24)16(21)10-12-2-6-14(7-3-12)27-15-8-4-13(5-9-15)11-17-18(23)22-20(25)28-17;/h2-9,16-17H,10-11,21H2,1H3,(H,22,23,25);1H/t16?,17-;/m0./s1. The summed E-state index contributed by atoms with van der Waals surface area (Å²) in [5.74, 6) is 0.613. The lowest BCUT2D eigenvalue weighted by Gasteiger charge is -2.11. The van der Waals surface area contributed by atoms with E-state index in [4.69, 9.17) is 10.5 Å². The van der Waals surface area contributed by atoms with E-state index >= 15 is 0 Å². The third-order valence-electron chi connectivity index (χ3n) is 4.23. The Morgan fingerprint density at radius 3 is 2.10 bits per heavy atom. The Labute approximate surface area is 178 Å². The summed E-state index contributed by atoms with van der Waals surface area (Å²) in [6.45, 7) is 0. The third kappa shape index (κ3) is 6.22. The number of methoxy groups -OCH3 is 1. The Morgan fingerprint density at radius 2 is 1.62 bits per heavy atom. The van der Waals surface area contributed by atoms with Crippen molar-refractivity contribution in [2.75, 3.05) is 7.11 Å². The molecule has 0 aromatic heterocycles. The van der Waals surface area contributed by atoms with Crippen molar-refractivity contribution in [2.45, 2.75) is 24.1 Å². The van der Waals surface area contributed by atoms with Gasteiger partial charge in [-0.2, -0.15) is 0 Å². The lowest BCUT2D eigenvalue weighted by molar-refractivity contribution is -0.142. The first-order chi connectivity index (χ1) is 13.4. The average Bonchev–Trinajstić information content (AvgIpc) is 3.01. The van der Waals surface area contributed by atoms with Gasteiger partial charge < -0.3 is 15.2 Å². The molecule has 2 amide bonds. The van der Waals surface area contributed by atoms with Gasteiger partial charge in [0, 0.05) is 0 Å². The minimum Gasteiger partial charge on any atom is -0.468 e. The molecule has 1 heterocycles. The zero-order valence-electron chi connectivity index (χ0n) is 15.6. The number of nitrogens with one attached hydrogen (secondary N) is 1. The molecule has 1 fully saturated rings. The summed E-state index contributed by atoms with van der Waals surface area (Å²) < 4.78 is 10.4. The van der Waals surface area contributed by atoms with Gasteiger partial charge in [0.1, 0.15) is 17.5 Å². The molecule has 154 valence electrons. The van der Waals surface area contributed by atoms with Gasteiger partial charge in [-0.25, -0.2) is 0 Å². The second-order valence-electron chi connectivity index (χ2n) is 6.31. The molecule has 7 nitrogen and oxygen atoms in total. The zero-order chi connectivity index (χ0) is 20.1. The van der Waals surface area contributed by atoms with Crippen LogP contribution in [0.3, 0.4) is 0 Å². The van der Waals surface area contributed by atoms with Gasteiger partial charge in [-0.1, -0.05) is 36.0 Å². The molecule has 0 spiro atoms. The summed E-state index contributed by atoms with van der Waals surface area (Å²) in [7, 11) is 1.31. The van der Waals surface area contributed by atoms with Crippen molar-refractivity contribution in [1.29, 1.82) is 0 Å². The van der Waals surface area contributed by atoms with Crippen LogP contribution in [0.2, 0.25) is 0 Å². The number of amides is 2. The number of halogens is 1. The SMILES string of the molecule is COC(=O)C(N)Cc1ccc(Oc2ccc(C[C@@H]3SC(=O)NC3=O)cc2)cc1.Cl. The summed E-state index contributed by atoms with van der Waals surface area (Å²) in [6.07, 6.45) is 0.870. The summed E-state index contributed by atoms with van der Waals surface area (Å²) >= 11 is 1.02. The monoisotopic (exact) mass is 436 g/mol. The minimum atomic E-state index is -0.695. The molecule has 2 aromatic rings. The topological polar surface area (TPSA) is 108 Å². The Balaban J connectivity index is 0.00000300. The van der Waals surface area contributed by atoms with Crippen LogP contribution < -0.4 is 15.8 Å². The van der Waals surface area contributed by atoms with Gasteiger partial charge in [-0.05, 0) is 48.2 Å². The van der Waals surface area contributed by atoms with E-state index in [-0.39, 0.29) is 28.8 Å². The van der Waals surface area contributed by atoms with E-state index in [1.807, 2.05) is 36.4 Å². The molecule has 9 heteroatoms. The number of benzene rings is 2. The highest BCUT2D eigenvalue weighted by atomic mass is 35.5. The number of hydrogen-bond acceptors (Lipinski definition) is 7. The Kier molecular flexibility index (Phi) is 8.07. The fourth-order valence-corrected chi connectivity index (χ4v) is 3.61.